The van der Waals surface area contributed by atoms with Crippen LogP contribution in [0, 0.1) is 13.8 Å². The molecule has 0 aliphatic carbocycles. The fraction of sp³-hybridized carbons (Fsp3) is 0.400. The molecular weight excluding hydrogens is 330 g/mol. The molecule has 1 aromatic carbocycles. The lowest BCUT2D eigenvalue weighted by Gasteiger charge is -2.26. The highest BCUT2D eigenvalue weighted by molar-refractivity contribution is 6.04. The highest BCUT2D eigenvalue weighted by atomic mass is 16.5. The van der Waals surface area contributed by atoms with Crippen molar-refractivity contribution in [3.8, 4) is 5.88 Å². The molecule has 1 aromatic heterocycles. The van der Waals surface area contributed by atoms with E-state index in [4.69, 9.17) is 9.47 Å². The van der Waals surface area contributed by atoms with Crippen molar-refractivity contribution in [2.45, 2.75) is 13.8 Å². The first-order valence-electron chi connectivity index (χ1n) is 8.89. The molecule has 2 aromatic rings. The predicted octanol–water partition coefficient (Wildman–Crippen LogP) is 2.66. The summed E-state index contributed by atoms with van der Waals surface area (Å²) >= 11 is 0. The lowest BCUT2D eigenvalue weighted by molar-refractivity contribution is 0.0320. The van der Waals surface area contributed by atoms with Crippen molar-refractivity contribution < 1.29 is 14.3 Å². The molecule has 1 aliphatic heterocycles. The Hall–Kier alpha value is -2.44. The number of nitrogens with one attached hydrogen (secondary N) is 1. The lowest BCUT2D eigenvalue weighted by Crippen LogP contribution is -2.38. The Morgan fingerprint density at radius 2 is 2.00 bits per heavy atom. The van der Waals surface area contributed by atoms with E-state index in [-0.39, 0.29) is 5.91 Å². The van der Waals surface area contributed by atoms with Gasteiger partial charge in [0.25, 0.3) is 5.91 Å². The standard InChI is InChI=1S/C20H25N3O3/c1-15-3-4-17(13-16(15)2)20(24)22-18-5-6-19(21-14-18)26-12-9-23-7-10-25-11-8-23/h3-6,13-14H,7-12H2,1-2H3,(H,22,24). The first-order valence-corrected chi connectivity index (χ1v) is 8.89. The van der Waals surface area contributed by atoms with Crippen molar-refractivity contribution >= 4 is 11.6 Å². The van der Waals surface area contributed by atoms with Gasteiger partial charge in [0.2, 0.25) is 5.88 Å². The van der Waals surface area contributed by atoms with Crippen LogP contribution in [0.4, 0.5) is 5.69 Å². The van der Waals surface area contributed by atoms with Crippen LogP contribution >= 0.6 is 0 Å². The van der Waals surface area contributed by atoms with Crippen LogP contribution in [0.2, 0.25) is 0 Å². The van der Waals surface area contributed by atoms with Crippen molar-refractivity contribution in [2.24, 2.45) is 0 Å². The van der Waals surface area contributed by atoms with E-state index in [9.17, 15) is 4.79 Å². The Labute approximate surface area is 154 Å². The minimum atomic E-state index is -0.143. The van der Waals surface area contributed by atoms with Gasteiger partial charge in [-0.05, 0) is 43.2 Å². The van der Waals surface area contributed by atoms with Gasteiger partial charge in [-0.3, -0.25) is 9.69 Å². The van der Waals surface area contributed by atoms with E-state index in [1.807, 2.05) is 32.0 Å². The molecule has 1 aliphatic rings. The number of pyridine rings is 1. The monoisotopic (exact) mass is 355 g/mol. The van der Waals surface area contributed by atoms with Crippen LogP contribution in [0.5, 0.6) is 5.88 Å². The third kappa shape index (κ3) is 5.03. The number of rotatable bonds is 6. The third-order valence-electron chi connectivity index (χ3n) is 4.52. The van der Waals surface area contributed by atoms with E-state index in [1.165, 1.54) is 5.56 Å². The number of aromatic nitrogens is 1. The quantitative estimate of drug-likeness (QED) is 0.863. The molecule has 0 saturated carbocycles. The molecule has 26 heavy (non-hydrogen) atoms. The van der Waals surface area contributed by atoms with Gasteiger partial charge in [0.15, 0.2) is 0 Å². The summed E-state index contributed by atoms with van der Waals surface area (Å²) < 4.78 is 11.0. The average Bonchev–Trinajstić information content (AvgIpc) is 2.66. The number of amides is 1. The second-order valence-electron chi connectivity index (χ2n) is 6.44. The summed E-state index contributed by atoms with van der Waals surface area (Å²) in [6.45, 7) is 8.92. The molecule has 0 atom stereocenters. The van der Waals surface area contributed by atoms with Gasteiger partial charge in [-0.1, -0.05) is 6.07 Å². The summed E-state index contributed by atoms with van der Waals surface area (Å²) in [5.41, 5.74) is 3.55. The van der Waals surface area contributed by atoms with Gasteiger partial charge >= 0.3 is 0 Å². The van der Waals surface area contributed by atoms with Crippen LogP contribution in [0.25, 0.3) is 0 Å². The summed E-state index contributed by atoms with van der Waals surface area (Å²) in [6.07, 6.45) is 1.61. The zero-order valence-corrected chi connectivity index (χ0v) is 15.3. The molecule has 1 amide bonds. The highest BCUT2D eigenvalue weighted by Gasteiger charge is 2.10. The van der Waals surface area contributed by atoms with Gasteiger partial charge in [0.1, 0.15) is 6.61 Å². The van der Waals surface area contributed by atoms with E-state index in [2.05, 4.69) is 15.2 Å². The number of aryl methyl sites for hydroxylation is 2. The maximum Gasteiger partial charge on any atom is 0.255 e. The number of anilines is 1. The molecule has 2 heterocycles. The minimum Gasteiger partial charge on any atom is -0.476 e. The molecule has 3 rings (SSSR count). The Bertz CT molecular complexity index is 740. The molecule has 0 bridgehead atoms. The smallest absolute Gasteiger partial charge is 0.255 e. The van der Waals surface area contributed by atoms with Gasteiger partial charge in [0, 0.05) is 31.3 Å². The van der Waals surface area contributed by atoms with Crippen LogP contribution in [-0.2, 0) is 4.74 Å². The molecule has 138 valence electrons. The van der Waals surface area contributed by atoms with Crippen molar-refractivity contribution in [2.75, 3.05) is 44.8 Å². The Kier molecular flexibility index (Phi) is 6.20. The second-order valence-corrected chi connectivity index (χ2v) is 6.44. The van der Waals surface area contributed by atoms with Crippen molar-refractivity contribution in [3.63, 3.8) is 0 Å². The lowest BCUT2D eigenvalue weighted by atomic mass is 10.1. The number of morpholine rings is 1. The molecular formula is C20H25N3O3. The molecule has 6 nitrogen and oxygen atoms in total. The first-order chi connectivity index (χ1) is 12.6. The number of carbonyl (C=O) groups is 1. The number of hydrogen-bond donors (Lipinski definition) is 1. The van der Waals surface area contributed by atoms with E-state index in [0.29, 0.717) is 23.7 Å². The van der Waals surface area contributed by atoms with Gasteiger partial charge in [-0.25, -0.2) is 4.98 Å². The fourth-order valence-electron chi connectivity index (χ4n) is 2.73. The average molecular weight is 355 g/mol. The van der Waals surface area contributed by atoms with Crippen molar-refractivity contribution in [1.29, 1.82) is 0 Å². The molecule has 1 fully saturated rings. The van der Waals surface area contributed by atoms with E-state index in [1.54, 1.807) is 18.3 Å². The zero-order chi connectivity index (χ0) is 18.4. The van der Waals surface area contributed by atoms with Crippen LogP contribution in [-0.4, -0.2) is 55.2 Å². The van der Waals surface area contributed by atoms with E-state index >= 15 is 0 Å². The highest BCUT2D eigenvalue weighted by Crippen LogP contribution is 2.15. The summed E-state index contributed by atoms with van der Waals surface area (Å²) in [4.78, 5) is 18.9. The summed E-state index contributed by atoms with van der Waals surface area (Å²) in [5.74, 6) is 0.415. The van der Waals surface area contributed by atoms with Crippen LogP contribution in [0.3, 0.4) is 0 Å². The van der Waals surface area contributed by atoms with Crippen LogP contribution in [0.1, 0.15) is 21.5 Å². The topological polar surface area (TPSA) is 63.7 Å². The molecule has 0 spiro atoms. The molecule has 0 radical (unpaired) electrons. The minimum absolute atomic E-state index is 0.143. The molecule has 1 saturated heterocycles. The van der Waals surface area contributed by atoms with Gasteiger partial charge < -0.3 is 14.8 Å². The molecule has 0 unspecified atom stereocenters. The second kappa shape index (κ2) is 8.78. The van der Waals surface area contributed by atoms with Gasteiger partial charge in [0.05, 0.1) is 25.1 Å². The van der Waals surface area contributed by atoms with Crippen LogP contribution < -0.4 is 10.1 Å². The fourth-order valence-corrected chi connectivity index (χ4v) is 2.73. The van der Waals surface area contributed by atoms with Gasteiger partial charge in [-0.2, -0.15) is 0 Å². The third-order valence-corrected chi connectivity index (χ3v) is 4.52. The zero-order valence-electron chi connectivity index (χ0n) is 15.3. The first kappa shape index (κ1) is 18.4. The largest absolute Gasteiger partial charge is 0.476 e. The van der Waals surface area contributed by atoms with E-state index in [0.717, 1.165) is 38.4 Å². The maximum absolute atomic E-state index is 12.3. The normalized spacial score (nSPS) is 14.8. The number of nitrogens with zero attached hydrogens (tertiary/aromatic N) is 2. The molecule has 6 heteroatoms. The molecule has 1 N–H and O–H groups in total. The summed E-state index contributed by atoms with van der Waals surface area (Å²) in [5, 5.41) is 2.86. The number of carbonyl (C=O) groups excluding carboxylic acids is 1. The summed E-state index contributed by atoms with van der Waals surface area (Å²) in [6, 6.07) is 9.24. The SMILES string of the molecule is Cc1ccc(C(=O)Nc2ccc(OCCN3CCOCC3)nc2)cc1C. The Balaban J connectivity index is 1.49. The van der Waals surface area contributed by atoms with Gasteiger partial charge in [-0.15, -0.1) is 0 Å². The van der Waals surface area contributed by atoms with Crippen LogP contribution in [0.15, 0.2) is 36.5 Å². The van der Waals surface area contributed by atoms with Crippen molar-refractivity contribution in [3.05, 3.63) is 53.2 Å². The number of benzene rings is 1. The Morgan fingerprint density at radius 3 is 2.69 bits per heavy atom. The summed E-state index contributed by atoms with van der Waals surface area (Å²) in [7, 11) is 0. The Morgan fingerprint density at radius 1 is 1.19 bits per heavy atom. The number of ether oxygens (including phenoxy) is 2. The van der Waals surface area contributed by atoms with E-state index < -0.39 is 0 Å². The number of hydrogen-bond acceptors (Lipinski definition) is 5. The predicted molar refractivity (Wildman–Crippen MR) is 101 cm³/mol. The maximum atomic E-state index is 12.3. The van der Waals surface area contributed by atoms with Crippen molar-refractivity contribution in [1.82, 2.24) is 9.88 Å².